The van der Waals surface area contributed by atoms with E-state index in [1.807, 2.05) is 6.07 Å². The summed E-state index contributed by atoms with van der Waals surface area (Å²) >= 11 is 0. The predicted octanol–water partition coefficient (Wildman–Crippen LogP) is 1.23. The quantitative estimate of drug-likeness (QED) is 0.769. The third-order valence-corrected chi connectivity index (χ3v) is 6.54. The number of nitrogens with zero attached hydrogens (tertiary/aromatic N) is 3. The molecule has 7 heteroatoms. The molecular weight excluding hydrogens is 356 g/mol. The third-order valence-electron chi connectivity index (χ3n) is 6.54. The molecular formula is C21H32N4O3. The summed E-state index contributed by atoms with van der Waals surface area (Å²) < 4.78 is 0. The van der Waals surface area contributed by atoms with Gasteiger partial charge in [-0.25, -0.2) is 4.79 Å². The van der Waals surface area contributed by atoms with Gasteiger partial charge < -0.3 is 20.2 Å². The maximum Gasteiger partial charge on any atom is 0.318 e. The van der Waals surface area contributed by atoms with Crippen molar-refractivity contribution < 1.29 is 14.7 Å². The Labute approximate surface area is 167 Å². The summed E-state index contributed by atoms with van der Waals surface area (Å²) in [6.45, 7) is 0.816. The molecule has 28 heavy (non-hydrogen) atoms. The van der Waals surface area contributed by atoms with E-state index in [4.69, 9.17) is 5.11 Å². The Morgan fingerprint density at radius 2 is 1.79 bits per heavy atom. The summed E-state index contributed by atoms with van der Waals surface area (Å²) in [5, 5.41) is 12.2. The number of urea groups is 1. The first kappa shape index (κ1) is 20.6. The van der Waals surface area contributed by atoms with Gasteiger partial charge in [-0.05, 0) is 45.3 Å². The predicted molar refractivity (Wildman–Crippen MR) is 108 cm³/mol. The van der Waals surface area contributed by atoms with Crippen molar-refractivity contribution in [1.82, 2.24) is 20.0 Å². The maximum absolute atomic E-state index is 12.5. The normalized spacial score (nSPS) is 27.3. The number of rotatable bonds is 6. The smallest absolute Gasteiger partial charge is 0.318 e. The zero-order chi connectivity index (χ0) is 20.4. The van der Waals surface area contributed by atoms with Gasteiger partial charge in [0.25, 0.3) is 0 Å². The second kappa shape index (κ2) is 8.09. The molecule has 1 saturated heterocycles. The van der Waals surface area contributed by atoms with Crippen molar-refractivity contribution in [2.24, 2.45) is 0 Å². The average Bonchev–Trinajstić information content (AvgIpc) is 2.98. The Morgan fingerprint density at radius 1 is 1.14 bits per heavy atom. The molecule has 1 heterocycles. The van der Waals surface area contributed by atoms with Gasteiger partial charge in [-0.2, -0.15) is 0 Å². The fraction of sp³-hybridized carbons (Fsp3) is 0.619. The van der Waals surface area contributed by atoms with Crippen molar-refractivity contribution >= 4 is 11.9 Å². The van der Waals surface area contributed by atoms with Crippen molar-refractivity contribution in [3.05, 3.63) is 35.9 Å². The lowest BCUT2D eigenvalue weighted by molar-refractivity contribution is -0.130. The van der Waals surface area contributed by atoms with Crippen molar-refractivity contribution in [1.29, 1.82) is 0 Å². The van der Waals surface area contributed by atoms with Crippen LogP contribution in [0.5, 0.6) is 0 Å². The van der Waals surface area contributed by atoms with Crippen LogP contribution in [0.2, 0.25) is 0 Å². The number of amides is 3. The lowest BCUT2D eigenvalue weighted by atomic mass is 9.69. The Balaban J connectivity index is 1.68. The number of hydrogen-bond acceptors (Lipinski definition) is 4. The number of hydrogen-bond donors (Lipinski definition) is 2. The molecule has 2 aliphatic rings. The lowest BCUT2D eigenvalue weighted by Gasteiger charge is -2.48. The second-order valence-corrected chi connectivity index (χ2v) is 8.40. The van der Waals surface area contributed by atoms with Gasteiger partial charge in [-0.15, -0.1) is 0 Å². The number of benzene rings is 1. The van der Waals surface area contributed by atoms with E-state index in [2.05, 4.69) is 48.6 Å². The van der Waals surface area contributed by atoms with Crippen LogP contribution in [0.4, 0.5) is 4.79 Å². The second-order valence-electron chi connectivity index (χ2n) is 8.40. The average molecular weight is 389 g/mol. The topological polar surface area (TPSA) is 76.1 Å². The summed E-state index contributed by atoms with van der Waals surface area (Å²) in [4.78, 5) is 30.2. The molecule has 1 aromatic rings. The van der Waals surface area contributed by atoms with Crippen molar-refractivity contribution in [3.8, 4) is 0 Å². The molecule has 1 aliphatic carbocycles. The molecule has 2 N–H and O–H groups in total. The largest absolute Gasteiger partial charge is 0.395 e. The van der Waals surface area contributed by atoms with Crippen LogP contribution in [0.15, 0.2) is 30.3 Å². The van der Waals surface area contributed by atoms with E-state index < -0.39 is 0 Å². The van der Waals surface area contributed by atoms with E-state index in [0.717, 1.165) is 25.7 Å². The highest BCUT2D eigenvalue weighted by Crippen LogP contribution is 2.45. The maximum atomic E-state index is 12.5. The molecule has 0 unspecified atom stereocenters. The molecule has 1 aliphatic heterocycles. The molecule has 2 fully saturated rings. The minimum Gasteiger partial charge on any atom is -0.395 e. The fourth-order valence-electron chi connectivity index (χ4n) is 4.64. The van der Waals surface area contributed by atoms with Gasteiger partial charge in [0.15, 0.2) is 0 Å². The zero-order valence-corrected chi connectivity index (χ0v) is 17.1. The van der Waals surface area contributed by atoms with Crippen LogP contribution in [0.25, 0.3) is 0 Å². The first-order valence-corrected chi connectivity index (χ1v) is 9.97. The van der Waals surface area contributed by atoms with E-state index in [1.54, 1.807) is 11.9 Å². The molecule has 1 aromatic carbocycles. The minimum absolute atomic E-state index is 0.0260. The summed E-state index contributed by atoms with van der Waals surface area (Å²) in [5.74, 6) is -0.149. The molecule has 3 amide bonds. The Bertz CT molecular complexity index is 699. The van der Waals surface area contributed by atoms with Gasteiger partial charge in [0.05, 0.1) is 12.1 Å². The van der Waals surface area contributed by atoms with Crippen molar-refractivity contribution in [2.75, 3.05) is 47.4 Å². The number of aliphatic hydroxyl groups excluding tert-OH is 1. The van der Waals surface area contributed by atoms with Crippen LogP contribution in [-0.4, -0.2) is 84.7 Å². The molecule has 154 valence electrons. The number of nitrogens with one attached hydrogen (secondary N) is 1. The van der Waals surface area contributed by atoms with Gasteiger partial charge in [0, 0.05) is 25.7 Å². The molecule has 0 atom stereocenters. The highest BCUT2D eigenvalue weighted by molar-refractivity contribution is 5.85. The molecule has 3 rings (SSSR count). The standard InChI is InChI=1S/C21H32N4O3/c1-23(2)21(17-7-5-4-6-8-17)11-9-20(10-12-21)16-25(19(28)22-20)15-18(27)24(3)13-14-26/h4-8,26H,9-16H2,1-3H3,(H,22,28)/t20-,21-. The van der Waals surface area contributed by atoms with Crippen LogP contribution < -0.4 is 5.32 Å². The van der Waals surface area contributed by atoms with Gasteiger partial charge in [-0.1, -0.05) is 30.3 Å². The minimum atomic E-state index is -0.263. The molecule has 1 saturated carbocycles. The highest BCUT2D eigenvalue weighted by atomic mass is 16.3. The van der Waals surface area contributed by atoms with E-state index in [-0.39, 0.29) is 42.7 Å². The summed E-state index contributed by atoms with van der Waals surface area (Å²) in [7, 11) is 5.90. The molecule has 1 spiro atoms. The van der Waals surface area contributed by atoms with Crippen LogP contribution >= 0.6 is 0 Å². The van der Waals surface area contributed by atoms with Gasteiger partial charge in [0.1, 0.15) is 6.54 Å². The third kappa shape index (κ3) is 3.86. The molecule has 0 bridgehead atoms. The number of aliphatic hydroxyl groups is 1. The van der Waals surface area contributed by atoms with Crippen LogP contribution in [0.3, 0.4) is 0 Å². The first-order chi connectivity index (χ1) is 13.3. The van der Waals surface area contributed by atoms with Crippen LogP contribution in [-0.2, 0) is 10.3 Å². The monoisotopic (exact) mass is 388 g/mol. The number of carbonyl (C=O) groups excluding carboxylic acids is 2. The van der Waals surface area contributed by atoms with Gasteiger partial charge >= 0.3 is 6.03 Å². The summed E-state index contributed by atoms with van der Waals surface area (Å²) in [6.07, 6.45) is 3.67. The van der Waals surface area contributed by atoms with Crippen LogP contribution in [0.1, 0.15) is 31.2 Å². The molecule has 7 nitrogen and oxygen atoms in total. The Morgan fingerprint density at radius 3 is 2.36 bits per heavy atom. The molecule has 0 aromatic heterocycles. The van der Waals surface area contributed by atoms with E-state index >= 15 is 0 Å². The first-order valence-electron chi connectivity index (χ1n) is 9.97. The van der Waals surface area contributed by atoms with Crippen LogP contribution in [0, 0.1) is 0 Å². The number of carbonyl (C=O) groups is 2. The van der Waals surface area contributed by atoms with Gasteiger partial charge in [0.2, 0.25) is 5.91 Å². The van der Waals surface area contributed by atoms with Crippen molar-refractivity contribution in [2.45, 2.75) is 36.8 Å². The van der Waals surface area contributed by atoms with Crippen molar-refractivity contribution in [3.63, 3.8) is 0 Å². The van der Waals surface area contributed by atoms with Gasteiger partial charge in [-0.3, -0.25) is 9.69 Å². The zero-order valence-electron chi connectivity index (χ0n) is 17.1. The SMILES string of the molecule is CN(CCO)C(=O)CN1C[C@]2(CC[C@@](c3ccccc3)(N(C)C)CC2)NC1=O. The highest BCUT2D eigenvalue weighted by Gasteiger charge is 2.50. The fourth-order valence-corrected chi connectivity index (χ4v) is 4.64. The lowest BCUT2D eigenvalue weighted by Crippen LogP contribution is -2.54. The van der Waals surface area contributed by atoms with E-state index in [9.17, 15) is 9.59 Å². The van der Waals surface area contributed by atoms with E-state index in [1.165, 1.54) is 10.5 Å². The number of likely N-dealkylation sites (N-methyl/N-ethyl adjacent to an activating group) is 1. The summed E-state index contributed by atoms with van der Waals surface area (Å²) in [6, 6.07) is 10.4. The van der Waals surface area contributed by atoms with E-state index in [0.29, 0.717) is 6.54 Å². The summed E-state index contributed by atoms with van der Waals surface area (Å²) in [5.41, 5.74) is 1.03. The molecule has 0 radical (unpaired) electrons. The Hall–Kier alpha value is -2.12. The Kier molecular flexibility index (Phi) is 5.95.